The van der Waals surface area contributed by atoms with E-state index in [1.165, 1.54) is 7.11 Å². The Morgan fingerprint density at radius 1 is 1.00 bits per heavy atom. The van der Waals surface area contributed by atoms with Crippen LogP contribution in [0.4, 0.5) is 0 Å². The molecule has 2 aromatic carbocycles. The topological polar surface area (TPSA) is 81.6 Å². The summed E-state index contributed by atoms with van der Waals surface area (Å²) in [5.41, 5.74) is 7.10. The summed E-state index contributed by atoms with van der Waals surface area (Å²) in [7, 11) is 4.95. The van der Waals surface area contributed by atoms with Gasteiger partial charge in [-0.05, 0) is 23.8 Å². The molecule has 0 aliphatic heterocycles. The van der Waals surface area contributed by atoms with E-state index in [1.807, 2.05) is 35.9 Å². The molecule has 140 valence electrons. The summed E-state index contributed by atoms with van der Waals surface area (Å²) in [6.45, 7) is 0. The zero-order chi connectivity index (χ0) is 19.4. The van der Waals surface area contributed by atoms with Crippen LogP contribution in [0.1, 0.15) is 15.9 Å². The fraction of sp³-hybridized carbons (Fsp3) is 0.200. The maximum absolute atomic E-state index is 12.4. The molecule has 7 nitrogen and oxygen atoms in total. The predicted octanol–water partition coefficient (Wildman–Crippen LogP) is 2.20. The molecule has 0 aliphatic carbocycles. The van der Waals surface area contributed by atoms with Crippen LogP contribution in [0, 0.1) is 0 Å². The number of carbonyl (C=O) groups is 2. The summed E-state index contributed by atoms with van der Waals surface area (Å²) in [5.74, 6) is 0.428. The van der Waals surface area contributed by atoms with Gasteiger partial charge in [0.25, 0.3) is 5.91 Å². The van der Waals surface area contributed by atoms with Gasteiger partial charge in [0.1, 0.15) is 0 Å². The van der Waals surface area contributed by atoms with Crippen molar-refractivity contribution in [2.24, 2.45) is 7.05 Å². The Kier molecular flexibility index (Phi) is 5.30. The van der Waals surface area contributed by atoms with E-state index in [0.717, 1.165) is 16.5 Å². The molecule has 0 unspecified atom stereocenters. The second kappa shape index (κ2) is 7.82. The van der Waals surface area contributed by atoms with Gasteiger partial charge in [-0.3, -0.25) is 20.4 Å². The van der Waals surface area contributed by atoms with Crippen molar-refractivity contribution in [3.05, 3.63) is 59.8 Å². The van der Waals surface area contributed by atoms with E-state index in [2.05, 4.69) is 10.9 Å². The molecule has 27 heavy (non-hydrogen) atoms. The van der Waals surface area contributed by atoms with Crippen molar-refractivity contribution in [3.63, 3.8) is 0 Å². The van der Waals surface area contributed by atoms with E-state index in [-0.39, 0.29) is 18.2 Å². The SMILES string of the molecule is COc1ccc(CC(=O)NNC(=O)c2cn(C)c3ccccc23)cc1OC. The van der Waals surface area contributed by atoms with Crippen LogP contribution in [0.15, 0.2) is 48.7 Å². The first-order valence-electron chi connectivity index (χ1n) is 8.37. The number of nitrogens with one attached hydrogen (secondary N) is 2. The van der Waals surface area contributed by atoms with Crippen LogP contribution in [-0.4, -0.2) is 30.6 Å². The van der Waals surface area contributed by atoms with E-state index in [1.54, 1.807) is 31.5 Å². The molecule has 2 amide bonds. The molecule has 7 heteroatoms. The molecular weight excluding hydrogens is 346 g/mol. The third kappa shape index (κ3) is 3.87. The van der Waals surface area contributed by atoms with Gasteiger partial charge in [-0.2, -0.15) is 0 Å². The Morgan fingerprint density at radius 2 is 1.74 bits per heavy atom. The monoisotopic (exact) mass is 367 g/mol. The third-order valence-corrected chi connectivity index (χ3v) is 4.27. The van der Waals surface area contributed by atoms with Crippen LogP contribution in [0.25, 0.3) is 10.9 Å². The quantitative estimate of drug-likeness (QED) is 0.678. The molecule has 0 bridgehead atoms. The molecule has 2 N–H and O–H groups in total. The second-order valence-electron chi connectivity index (χ2n) is 6.04. The van der Waals surface area contributed by atoms with Gasteiger partial charge in [0, 0.05) is 24.1 Å². The summed E-state index contributed by atoms with van der Waals surface area (Å²) in [5, 5.41) is 0.826. The Balaban J connectivity index is 1.64. The van der Waals surface area contributed by atoms with Crippen molar-refractivity contribution in [2.45, 2.75) is 6.42 Å². The first-order chi connectivity index (χ1) is 13.0. The highest BCUT2D eigenvalue weighted by atomic mass is 16.5. The molecule has 0 aliphatic rings. The van der Waals surface area contributed by atoms with Gasteiger partial charge in [-0.25, -0.2) is 0 Å². The van der Waals surface area contributed by atoms with E-state index < -0.39 is 0 Å². The van der Waals surface area contributed by atoms with Crippen LogP contribution in [0.3, 0.4) is 0 Å². The Labute approximate surface area is 156 Å². The van der Waals surface area contributed by atoms with Crippen molar-refractivity contribution >= 4 is 22.7 Å². The molecule has 0 atom stereocenters. The maximum atomic E-state index is 12.4. The molecule has 3 rings (SSSR count). The van der Waals surface area contributed by atoms with Crippen LogP contribution in [-0.2, 0) is 18.3 Å². The molecule has 0 fully saturated rings. The lowest BCUT2D eigenvalue weighted by Gasteiger charge is -2.10. The fourth-order valence-electron chi connectivity index (χ4n) is 2.94. The van der Waals surface area contributed by atoms with E-state index in [4.69, 9.17) is 9.47 Å². The number of aryl methyl sites for hydroxylation is 1. The fourth-order valence-corrected chi connectivity index (χ4v) is 2.94. The van der Waals surface area contributed by atoms with Crippen molar-refractivity contribution in [3.8, 4) is 11.5 Å². The number of amides is 2. The lowest BCUT2D eigenvalue weighted by Crippen LogP contribution is -2.42. The normalized spacial score (nSPS) is 10.5. The predicted molar refractivity (Wildman–Crippen MR) is 102 cm³/mol. The largest absolute Gasteiger partial charge is 0.493 e. The number of para-hydroxylation sites is 1. The summed E-state index contributed by atoms with van der Waals surface area (Å²) in [6, 6.07) is 12.8. The number of carbonyl (C=O) groups excluding carboxylic acids is 2. The Bertz CT molecular complexity index is 994. The summed E-state index contributed by atoms with van der Waals surface area (Å²) in [6.07, 6.45) is 1.83. The molecule has 0 saturated heterocycles. The minimum Gasteiger partial charge on any atom is -0.493 e. The molecule has 0 radical (unpaired) electrons. The lowest BCUT2D eigenvalue weighted by molar-refractivity contribution is -0.121. The lowest BCUT2D eigenvalue weighted by atomic mass is 10.1. The van der Waals surface area contributed by atoms with Gasteiger partial charge in [0.15, 0.2) is 11.5 Å². The number of aromatic nitrogens is 1. The number of hydrogen-bond donors (Lipinski definition) is 2. The number of methoxy groups -OCH3 is 2. The van der Waals surface area contributed by atoms with Crippen molar-refractivity contribution in [1.82, 2.24) is 15.4 Å². The van der Waals surface area contributed by atoms with Gasteiger partial charge in [0.2, 0.25) is 5.91 Å². The molecule has 0 saturated carbocycles. The van der Waals surface area contributed by atoms with Crippen LogP contribution in [0.2, 0.25) is 0 Å². The van der Waals surface area contributed by atoms with Gasteiger partial charge in [0.05, 0.1) is 26.2 Å². The number of fused-ring (bicyclic) bond motifs is 1. The van der Waals surface area contributed by atoms with E-state index in [0.29, 0.717) is 17.1 Å². The maximum Gasteiger partial charge on any atom is 0.271 e. The minimum absolute atomic E-state index is 0.0934. The van der Waals surface area contributed by atoms with Gasteiger partial charge < -0.3 is 14.0 Å². The zero-order valence-electron chi connectivity index (χ0n) is 15.4. The number of hydrogen-bond acceptors (Lipinski definition) is 4. The average molecular weight is 367 g/mol. The van der Waals surface area contributed by atoms with Gasteiger partial charge >= 0.3 is 0 Å². The van der Waals surface area contributed by atoms with E-state index >= 15 is 0 Å². The highest BCUT2D eigenvalue weighted by Gasteiger charge is 2.14. The highest BCUT2D eigenvalue weighted by Crippen LogP contribution is 2.27. The zero-order valence-corrected chi connectivity index (χ0v) is 15.4. The number of nitrogens with zero attached hydrogens (tertiary/aromatic N) is 1. The standard InChI is InChI=1S/C20H21N3O4/c1-23-12-15(14-6-4-5-7-16(14)23)20(25)22-21-19(24)11-13-8-9-17(26-2)18(10-13)27-3/h4-10,12H,11H2,1-3H3,(H,21,24)(H,22,25). The third-order valence-electron chi connectivity index (χ3n) is 4.27. The van der Waals surface area contributed by atoms with Crippen molar-refractivity contribution in [2.75, 3.05) is 14.2 Å². The number of rotatable bonds is 5. The second-order valence-corrected chi connectivity index (χ2v) is 6.04. The number of ether oxygens (including phenoxy) is 2. The van der Waals surface area contributed by atoms with Crippen molar-refractivity contribution in [1.29, 1.82) is 0 Å². The number of benzene rings is 2. The van der Waals surface area contributed by atoms with Gasteiger partial charge in [-0.15, -0.1) is 0 Å². The summed E-state index contributed by atoms with van der Waals surface area (Å²) in [4.78, 5) is 24.6. The molecule has 0 spiro atoms. The summed E-state index contributed by atoms with van der Waals surface area (Å²) >= 11 is 0. The molecule has 3 aromatic rings. The van der Waals surface area contributed by atoms with Gasteiger partial charge in [-0.1, -0.05) is 24.3 Å². The molecule has 1 aromatic heterocycles. The van der Waals surface area contributed by atoms with E-state index in [9.17, 15) is 9.59 Å². The first kappa shape index (κ1) is 18.3. The first-order valence-corrected chi connectivity index (χ1v) is 8.37. The summed E-state index contributed by atoms with van der Waals surface area (Å²) < 4.78 is 12.3. The van der Waals surface area contributed by atoms with Crippen LogP contribution >= 0.6 is 0 Å². The minimum atomic E-state index is -0.368. The number of hydrazine groups is 1. The average Bonchev–Trinajstić information content (AvgIpc) is 3.03. The Hall–Kier alpha value is -3.48. The molecular formula is C20H21N3O4. The Morgan fingerprint density at radius 3 is 2.48 bits per heavy atom. The van der Waals surface area contributed by atoms with Crippen LogP contribution in [0.5, 0.6) is 11.5 Å². The molecule has 1 heterocycles. The van der Waals surface area contributed by atoms with Crippen molar-refractivity contribution < 1.29 is 19.1 Å². The highest BCUT2D eigenvalue weighted by molar-refractivity contribution is 6.07. The van der Waals surface area contributed by atoms with Crippen LogP contribution < -0.4 is 20.3 Å². The smallest absolute Gasteiger partial charge is 0.271 e.